The highest BCUT2D eigenvalue weighted by atomic mass is 35.5. The highest BCUT2D eigenvalue weighted by Crippen LogP contribution is 2.42. The van der Waals surface area contributed by atoms with Crippen LogP contribution in [0.1, 0.15) is 106 Å². The van der Waals surface area contributed by atoms with E-state index in [1.807, 2.05) is 30.9 Å². The van der Waals surface area contributed by atoms with E-state index < -0.39 is 11.0 Å². The Labute approximate surface area is 253 Å². The number of amides is 2. The van der Waals surface area contributed by atoms with Gasteiger partial charge in [-0.15, -0.1) is 0 Å². The monoisotopic (exact) mass is 587 g/mol. The summed E-state index contributed by atoms with van der Waals surface area (Å²) in [5, 5.41) is 11.7. The van der Waals surface area contributed by atoms with Crippen molar-refractivity contribution in [2.24, 2.45) is 16.7 Å². The molecule has 1 unspecified atom stereocenters. The van der Waals surface area contributed by atoms with Crippen molar-refractivity contribution in [1.29, 1.82) is 0 Å². The van der Waals surface area contributed by atoms with Crippen LogP contribution in [0.25, 0.3) is 0 Å². The number of aliphatic hydroxyl groups is 1. The van der Waals surface area contributed by atoms with E-state index in [0.29, 0.717) is 18.1 Å². The molecule has 230 valence electrons. The summed E-state index contributed by atoms with van der Waals surface area (Å²) in [5.74, 6) is 0.165. The first-order valence-corrected chi connectivity index (χ1v) is 16.0. The van der Waals surface area contributed by atoms with Gasteiger partial charge >= 0.3 is 0 Å². The summed E-state index contributed by atoms with van der Waals surface area (Å²) in [4.78, 5) is 35.1. The van der Waals surface area contributed by atoms with Crippen LogP contribution in [0.15, 0.2) is 24.3 Å². The van der Waals surface area contributed by atoms with Crippen molar-refractivity contribution in [3.05, 3.63) is 34.9 Å². The van der Waals surface area contributed by atoms with Gasteiger partial charge in [0, 0.05) is 48.7 Å². The Hall–Kier alpha value is -1.63. The molecule has 3 fully saturated rings. The lowest BCUT2D eigenvalue weighted by atomic mass is 9.72. The quantitative estimate of drug-likeness (QED) is 0.421. The Kier molecular flexibility index (Phi) is 9.03. The van der Waals surface area contributed by atoms with Gasteiger partial charge in [-0.05, 0) is 104 Å². The van der Waals surface area contributed by atoms with Crippen molar-refractivity contribution in [1.82, 2.24) is 14.7 Å². The predicted octanol–water partition coefficient (Wildman–Crippen LogP) is 6.35. The number of likely N-dealkylation sites (tertiary alicyclic amines) is 2. The SMILES string of the molecule is CC1(C)CCC(N(C(=O)C(C)(C)C(C)(C)O)[C@H]2CCN(C(=O)C3CN(C(C)(C)C)C[C@@H]3c3ccc(Cl)cc3)C2)CC1. The summed E-state index contributed by atoms with van der Waals surface area (Å²) in [7, 11) is 0. The summed E-state index contributed by atoms with van der Waals surface area (Å²) < 4.78 is 0. The van der Waals surface area contributed by atoms with E-state index in [9.17, 15) is 14.7 Å². The first kappa shape index (κ1) is 32.3. The van der Waals surface area contributed by atoms with Crippen LogP contribution in [-0.2, 0) is 9.59 Å². The van der Waals surface area contributed by atoms with Gasteiger partial charge in [-0.1, -0.05) is 37.6 Å². The van der Waals surface area contributed by atoms with Gasteiger partial charge in [0.1, 0.15) is 0 Å². The molecule has 3 atom stereocenters. The van der Waals surface area contributed by atoms with Crippen molar-refractivity contribution in [3.63, 3.8) is 0 Å². The fourth-order valence-electron chi connectivity index (χ4n) is 6.93. The molecular formula is C34H54ClN3O3. The van der Waals surface area contributed by atoms with Crippen LogP contribution < -0.4 is 0 Å². The maximum atomic E-state index is 14.3. The van der Waals surface area contributed by atoms with Gasteiger partial charge < -0.3 is 14.9 Å². The van der Waals surface area contributed by atoms with Crippen molar-refractivity contribution in [2.75, 3.05) is 26.2 Å². The van der Waals surface area contributed by atoms with Crippen molar-refractivity contribution >= 4 is 23.4 Å². The van der Waals surface area contributed by atoms with Crippen molar-refractivity contribution in [2.45, 2.75) is 124 Å². The smallest absolute Gasteiger partial charge is 0.231 e. The number of carbonyl (C=O) groups is 2. The lowest BCUT2D eigenvalue weighted by Gasteiger charge is -2.47. The second-order valence-electron chi connectivity index (χ2n) is 15.9. The third-order valence-corrected chi connectivity index (χ3v) is 11.0. The van der Waals surface area contributed by atoms with Gasteiger partial charge in [0.2, 0.25) is 11.8 Å². The summed E-state index contributed by atoms with van der Waals surface area (Å²) >= 11 is 6.20. The number of nitrogens with zero attached hydrogens (tertiary/aromatic N) is 3. The van der Waals surface area contributed by atoms with Gasteiger partial charge in [0.15, 0.2) is 0 Å². The molecule has 1 aliphatic carbocycles. The Balaban J connectivity index is 1.57. The highest BCUT2D eigenvalue weighted by molar-refractivity contribution is 6.30. The fourth-order valence-corrected chi connectivity index (χ4v) is 7.06. The molecule has 2 heterocycles. The molecule has 1 saturated carbocycles. The van der Waals surface area contributed by atoms with Crippen LogP contribution in [-0.4, -0.2) is 81.0 Å². The minimum absolute atomic E-state index is 0.00724. The lowest BCUT2D eigenvalue weighted by molar-refractivity contribution is -0.160. The molecule has 6 nitrogen and oxygen atoms in total. The molecule has 7 heteroatoms. The minimum Gasteiger partial charge on any atom is -0.389 e. The molecule has 1 aromatic rings. The average molecular weight is 588 g/mol. The molecule has 2 aliphatic heterocycles. The normalized spacial score (nSPS) is 26.4. The minimum atomic E-state index is -1.16. The van der Waals surface area contributed by atoms with Crippen LogP contribution in [0.4, 0.5) is 0 Å². The highest BCUT2D eigenvalue weighted by Gasteiger charge is 2.50. The first-order chi connectivity index (χ1) is 18.8. The lowest BCUT2D eigenvalue weighted by Crippen LogP contribution is -2.59. The van der Waals surface area contributed by atoms with E-state index in [1.54, 1.807) is 13.8 Å². The zero-order valence-electron chi connectivity index (χ0n) is 27.0. The van der Waals surface area contributed by atoms with Crippen LogP contribution in [0.3, 0.4) is 0 Å². The van der Waals surface area contributed by atoms with Crippen LogP contribution in [0.2, 0.25) is 5.02 Å². The zero-order chi connectivity index (χ0) is 30.5. The number of rotatable bonds is 6. The van der Waals surface area contributed by atoms with E-state index in [4.69, 9.17) is 11.6 Å². The largest absolute Gasteiger partial charge is 0.389 e. The second-order valence-corrected chi connectivity index (χ2v) is 16.3. The number of hydrogen-bond acceptors (Lipinski definition) is 4. The third-order valence-electron chi connectivity index (χ3n) is 10.8. The molecule has 0 spiro atoms. The Morgan fingerprint density at radius 1 is 0.902 bits per heavy atom. The molecule has 4 rings (SSSR count). The predicted molar refractivity (Wildman–Crippen MR) is 167 cm³/mol. The zero-order valence-corrected chi connectivity index (χ0v) is 27.7. The summed E-state index contributed by atoms with van der Waals surface area (Å²) in [5.41, 5.74) is -0.684. The van der Waals surface area contributed by atoms with Gasteiger partial charge in [-0.25, -0.2) is 0 Å². The molecule has 0 radical (unpaired) electrons. The molecule has 41 heavy (non-hydrogen) atoms. The molecule has 2 saturated heterocycles. The van der Waals surface area contributed by atoms with Gasteiger partial charge in [0.05, 0.1) is 23.0 Å². The Bertz CT molecular complexity index is 1090. The average Bonchev–Trinajstić information content (AvgIpc) is 3.53. The Morgan fingerprint density at radius 2 is 1.49 bits per heavy atom. The molecule has 1 aromatic carbocycles. The Morgan fingerprint density at radius 3 is 2.02 bits per heavy atom. The van der Waals surface area contributed by atoms with Crippen molar-refractivity contribution in [3.8, 4) is 0 Å². The van der Waals surface area contributed by atoms with Crippen molar-refractivity contribution < 1.29 is 14.7 Å². The summed E-state index contributed by atoms with van der Waals surface area (Å²) in [6.45, 7) is 21.2. The van der Waals surface area contributed by atoms with Gasteiger partial charge in [-0.3, -0.25) is 14.5 Å². The van der Waals surface area contributed by atoms with Crippen LogP contribution >= 0.6 is 11.6 Å². The number of halogens is 1. The van der Waals surface area contributed by atoms with E-state index in [-0.39, 0.29) is 46.7 Å². The molecule has 0 aromatic heterocycles. The van der Waals surface area contributed by atoms with E-state index >= 15 is 0 Å². The second kappa shape index (κ2) is 11.5. The van der Waals surface area contributed by atoms with E-state index in [1.165, 1.54) is 0 Å². The standard InChI is InChI=1S/C34H54ClN3O3/c1-31(2,3)37-21-27(23-10-12-24(35)13-11-23)28(22-37)29(39)36-19-16-26(20-36)38(25-14-17-32(4,5)18-15-25)30(40)33(6,7)34(8,9)41/h10-13,25-28,41H,14-22H2,1-9H3/t26-,27+,28?/m0/s1. The summed E-state index contributed by atoms with van der Waals surface area (Å²) in [6, 6.07) is 8.08. The molecule has 0 bridgehead atoms. The van der Waals surface area contributed by atoms with E-state index in [0.717, 1.165) is 50.8 Å². The maximum absolute atomic E-state index is 14.3. The van der Waals surface area contributed by atoms with Gasteiger partial charge in [-0.2, -0.15) is 0 Å². The molecular weight excluding hydrogens is 534 g/mol. The molecule has 1 N–H and O–H groups in total. The van der Waals surface area contributed by atoms with Crippen LogP contribution in [0.5, 0.6) is 0 Å². The fraction of sp³-hybridized carbons (Fsp3) is 0.765. The first-order valence-electron chi connectivity index (χ1n) is 15.7. The third kappa shape index (κ3) is 6.80. The topological polar surface area (TPSA) is 64.1 Å². The maximum Gasteiger partial charge on any atom is 0.231 e. The molecule has 2 amide bonds. The number of carbonyl (C=O) groups excluding carboxylic acids is 2. The number of hydrogen-bond donors (Lipinski definition) is 1. The van der Waals surface area contributed by atoms with E-state index in [2.05, 4.69) is 56.6 Å². The van der Waals surface area contributed by atoms with Gasteiger partial charge in [0.25, 0.3) is 0 Å². The number of benzene rings is 1. The summed E-state index contributed by atoms with van der Waals surface area (Å²) in [6.07, 6.45) is 4.86. The van der Waals surface area contributed by atoms with Crippen LogP contribution in [0, 0.1) is 16.7 Å². The molecule has 3 aliphatic rings.